The minimum Gasteiger partial charge on any atom is -0.379 e. The van der Waals surface area contributed by atoms with Gasteiger partial charge in [-0.15, -0.1) is 0 Å². The zero-order valence-electron chi connectivity index (χ0n) is 11.6. The summed E-state index contributed by atoms with van der Waals surface area (Å²) < 4.78 is 21.5. The molecule has 110 valence electrons. The van der Waals surface area contributed by atoms with Gasteiger partial charge in [0, 0.05) is 19.2 Å². The summed E-state index contributed by atoms with van der Waals surface area (Å²) in [5.74, 6) is -0.426. The van der Waals surface area contributed by atoms with Gasteiger partial charge in [0.1, 0.15) is 5.82 Å². The average molecular weight is 317 g/mol. The van der Waals surface area contributed by atoms with Gasteiger partial charge in [-0.05, 0) is 45.0 Å². The van der Waals surface area contributed by atoms with Gasteiger partial charge in [-0.3, -0.25) is 0 Å². The first-order valence-corrected chi connectivity index (χ1v) is 7.47. The molecule has 0 atom stereocenters. The summed E-state index contributed by atoms with van der Waals surface area (Å²) in [6.07, 6.45) is 2.13. The Morgan fingerprint density at radius 3 is 2.85 bits per heavy atom. The maximum atomic E-state index is 13.6. The van der Waals surface area contributed by atoms with E-state index in [1.807, 2.05) is 18.4 Å². The number of aromatic nitrogens is 2. The molecule has 3 nitrogen and oxygen atoms in total. The maximum Gasteiger partial charge on any atom is 0.178 e. The van der Waals surface area contributed by atoms with Crippen LogP contribution in [0.3, 0.4) is 0 Å². The molecule has 1 aromatic heterocycles. The Morgan fingerprint density at radius 2 is 2.15 bits per heavy atom. The van der Waals surface area contributed by atoms with Crippen molar-refractivity contribution in [2.75, 3.05) is 6.61 Å². The van der Waals surface area contributed by atoms with Crippen LogP contribution in [0.5, 0.6) is 0 Å². The number of hydrogen-bond donors (Lipinski definition) is 1. The molecule has 0 bridgehead atoms. The number of halogens is 2. The van der Waals surface area contributed by atoms with E-state index in [-0.39, 0.29) is 11.1 Å². The van der Waals surface area contributed by atoms with Gasteiger partial charge in [-0.1, -0.05) is 11.6 Å². The summed E-state index contributed by atoms with van der Waals surface area (Å²) in [6, 6.07) is 3.00. The van der Waals surface area contributed by atoms with E-state index in [1.165, 1.54) is 6.07 Å². The van der Waals surface area contributed by atoms with Crippen molar-refractivity contribution in [3.05, 3.63) is 27.7 Å². The second-order valence-corrected chi connectivity index (χ2v) is 5.79. The van der Waals surface area contributed by atoms with Crippen LogP contribution in [-0.2, 0) is 11.3 Å². The van der Waals surface area contributed by atoms with E-state index in [2.05, 4.69) is 4.98 Å². The predicted octanol–water partition coefficient (Wildman–Crippen LogP) is 4.70. The number of nitrogens with one attached hydrogen (secondary N) is 1. The van der Waals surface area contributed by atoms with Crippen LogP contribution >= 0.6 is 23.8 Å². The molecule has 0 saturated heterocycles. The SMILES string of the molecule is CC(C)OCCCCn1c(=S)[nH]c2cc(Cl)c(F)cc21. The molecule has 1 aromatic carbocycles. The van der Waals surface area contributed by atoms with Crippen LogP contribution in [-0.4, -0.2) is 22.3 Å². The normalized spacial score (nSPS) is 11.7. The Bertz CT molecular complexity index is 650. The van der Waals surface area contributed by atoms with Gasteiger partial charge >= 0.3 is 0 Å². The lowest BCUT2D eigenvalue weighted by Gasteiger charge is -2.08. The molecule has 0 unspecified atom stereocenters. The van der Waals surface area contributed by atoms with Gasteiger partial charge in [-0.25, -0.2) is 4.39 Å². The first-order chi connectivity index (χ1) is 9.49. The van der Waals surface area contributed by atoms with Gasteiger partial charge in [0.2, 0.25) is 0 Å². The largest absolute Gasteiger partial charge is 0.379 e. The second-order valence-electron chi connectivity index (χ2n) is 4.99. The van der Waals surface area contributed by atoms with E-state index in [0.29, 0.717) is 4.77 Å². The Labute approximate surface area is 127 Å². The molecular weight excluding hydrogens is 299 g/mol. The molecule has 20 heavy (non-hydrogen) atoms. The number of aryl methyl sites for hydroxylation is 1. The topological polar surface area (TPSA) is 29.9 Å². The Balaban J connectivity index is 2.08. The number of fused-ring (bicyclic) bond motifs is 1. The van der Waals surface area contributed by atoms with Crippen LogP contribution in [0.25, 0.3) is 11.0 Å². The van der Waals surface area contributed by atoms with Crippen LogP contribution in [0.4, 0.5) is 4.39 Å². The quantitative estimate of drug-likeness (QED) is 0.618. The van der Waals surface area contributed by atoms with Gasteiger partial charge in [0.25, 0.3) is 0 Å². The third-order valence-corrected chi connectivity index (χ3v) is 3.66. The highest BCUT2D eigenvalue weighted by atomic mass is 35.5. The van der Waals surface area contributed by atoms with E-state index < -0.39 is 5.82 Å². The molecule has 1 heterocycles. The molecule has 0 aliphatic carbocycles. The number of benzene rings is 1. The van der Waals surface area contributed by atoms with Gasteiger partial charge in [0.15, 0.2) is 4.77 Å². The predicted molar refractivity (Wildman–Crippen MR) is 82.4 cm³/mol. The van der Waals surface area contributed by atoms with Crippen molar-refractivity contribution in [3.63, 3.8) is 0 Å². The number of hydrogen-bond acceptors (Lipinski definition) is 2. The average Bonchev–Trinajstić information content (AvgIpc) is 2.65. The van der Waals surface area contributed by atoms with Crippen LogP contribution < -0.4 is 0 Å². The molecule has 0 spiro atoms. The zero-order chi connectivity index (χ0) is 14.7. The minimum atomic E-state index is -0.426. The number of nitrogens with zero attached hydrogens (tertiary/aromatic N) is 1. The second kappa shape index (κ2) is 6.70. The Hall–Kier alpha value is -0.910. The first-order valence-electron chi connectivity index (χ1n) is 6.68. The van der Waals surface area contributed by atoms with Crippen molar-refractivity contribution in [3.8, 4) is 0 Å². The molecule has 2 rings (SSSR count). The number of rotatable bonds is 6. The molecule has 0 aliphatic rings. The summed E-state index contributed by atoms with van der Waals surface area (Å²) in [4.78, 5) is 3.05. The van der Waals surface area contributed by atoms with Crippen LogP contribution in [0.15, 0.2) is 12.1 Å². The summed E-state index contributed by atoms with van der Waals surface area (Å²) in [5, 5.41) is 0.103. The van der Waals surface area contributed by atoms with Crippen molar-refractivity contribution in [2.45, 2.75) is 39.3 Å². The van der Waals surface area contributed by atoms with E-state index in [4.69, 9.17) is 28.6 Å². The van der Waals surface area contributed by atoms with Crippen LogP contribution in [0, 0.1) is 10.6 Å². The molecule has 0 aliphatic heterocycles. The number of ether oxygens (including phenoxy) is 1. The van der Waals surface area contributed by atoms with Crippen molar-refractivity contribution in [1.82, 2.24) is 9.55 Å². The highest BCUT2D eigenvalue weighted by Crippen LogP contribution is 2.23. The molecule has 6 heteroatoms. The fraction of sp³-hybridized carbons (Fsp3) is 0.500. The standard InChI is InChI=1S/C14H18ClFN2OS/c1-9(2)19-6-4-3-5-18-13-8-11(16)10(15)7-12(13)17-14(18)20/h7-9H,3-6H2,1-2H3,(H,17,20). The first kappa shape index (κ1) is 15.5. The zero-order valence-corrected chi connectivity index (χ0v) is 13.2. The third-order valence-electron chi connectivity index (χ3n) is 3.04. The number of aromatic amines is 1. The van der Waals surface area contributed by atoms with Crippen molar-refractivity contribution in [1.29, 1.82) is 0 Å². The lowest BCUT2D eigenvalue weighted by atomic mass is 10.3. The van der Waals surface area contributed by atoms with Gasteiger partial charge < -0.3 is 14.3 Å². The number of imidazole rings is 1. The molecule has 1 N–H and O–H groups in total. The van der Waals surface area contributed by atoms with E-state index in [9.17, 15) is 4.39 Å². The molecule has 0 saturated carbocycles. The molecule has 2 aromatic rings. The van der Waals surface area contributed by atoms with E-state index in [0.717, 1.165) is 37.0 Å². The number of H-pyrrole nitrogens is 1. The fourth-order valence-corrected chi connectivity index (χ4v) is 2.53. The van der Waals surface area contributed by atoms with E-state index >= 15 is 0 Å². The van der Waals surface area contributed by atoms with Crippen LogP contribution in [0.1, 0.15) is 26.7 Å². The highest BCUT2D eigenvalue weighted by Gasteiger charge is 2.08. The highest BCUT2D eigenvalue weighted by molar-refractivity contribution is 7.71. The summed E-state index contributed by atoms with van der Waals surface area (Å²) in [7, 11) is 0. The molecular formula is C14H18ClFN2OS. The monoisotopic (exact) mass is 316 g/mol. The molecule has 0 amide bonds. The minimum absolute atomic E-state index is 0.103. The molecule has 0 fully saturated rings. The third kappa shape index (κ3) is 3.59. The molecule has 0 radical (unpaired) electrons. The van der Waals surface area contributed by atoms with Gasteiger partial charge in [-0.2, -0.15) is 0 Å². The smallest absolute Gasteiger partial charge is 0.178 e. The maximum absolute atomic E-state index is 13.6. The lowest BCUT2D eigenvalue weighted by molar-refractivity contribution is 0.0754. The lowest BCUT2D eigenvalue weighted by Crippen LogP contribution is -2.05. The fourth-order valence-electron chi connectivity index (χ4n) is 2.06. The summed E-state index contributed by atoms with van der Waals surface area (Å²) in [5.41, 5.74) is 1.52. The Kier molecular flexibility index (Phi) is 5.18. The Morgan fingerprint density at radius 1 is 1.40 bits per heavy atom. The van der Waals surface area contributed by atoms with Crippen LogP contribution in [0.2, 0.25) is 5.02 Å². The van der Waals surface area contributed by atoms with E-state index in [1.54, 1.807) is 6.07 Å². The van der Waals surface area contributed by atoms with Gasteiger partial charge in [0.05, 0.1) is 22.2 Å². The van der Waals surface area contributed by atoms with Crippen molar-refractivity contribution in [2.24, 2.45) is 0 Å². The van der Waals surface area contributed by atoms with Crippen molar-refractivity contribution < 1.29 is 9.13 Å². The number of unbranched alkanes of at least 4 members (excludes halogenated alkanes) is 1. The van der Waals surface area contributed by atoms with Crippen molar-refractivity contribution >= 4 is 34.9 Å². The summed E-state index contributed by atoms with van der Waals surface area (Å²) >= 11 is 11.0. The summed E-state index contributed by atoms with van der Waals surface area (Å²) in [6.45, 7) is 5.50.